The first-order valence-corrected chi connectivity index (χ1v) is 6.88. The number of nitrogen functional groups attached to an aromatic ring is 1. The number of para-hydroxylation sites is 1. The molecule has 1 aromatic heterocycles. The Kier molecular flexibility index (Phi) is 3.56. The van der Waals surface area contributed by atoms with E-state index in [9.17, 15) is 0 Å². The summed E-state index contributed by atoms with van der Waals surface area (Å²) in [6, 6.07) is 20.3. The first-order chi connectivity index (χ1) is 10.3. The van der Waals surface area contributed by atoms with Crippen molar-refractivity contribution in [3.8, 4) is 11.1 Å². The molecule has 0 amide bonds. The van der Waals surface area contributed by atoms with Gasteiger partial charge >= 0.3 is 0 Å². The molecule has 0 spiro atoms. The van der Waals surface area contributed by atoms with Crippen LogP contribution in [0.2, 0.25) is 0 Å². The summed E-state index contributed by atoms with van der Waals surface area (Å²) in [5.41, 5.74) is 11.1. The molecule has 1 heterocycles. The van der Waals surface area contributed by atoms with Gasteiger partial charge in [0.2, 0.25) is 0 Å². The lowest BCUT2D eigenvalue weighted by Gasteiger charge is -2.14. The number of aryl methyl sites for hydroxylation is 1. The van der Waals surface area contributed by atoms with E-state index in [1.54, 1.807) is 6.20 Å². The van der Waals surface area contributed by atoms with Crippen molar-refractivity contribution in [3.05, 3.63) is 72.4 Å². The first-order valence-electron chi connectivity index (χ1n) is 6.88. The molecule has 3 rings (SSSR count). The molecule has 0 bridgehead atoms. The minimum Gasteiger partial charge on any atom is -0.396 e. The summed E-state index contributed by atoms with van der Waals surface area (Å²) in [7, 11) is 0. The van der Waals surface area contributed by atoms with E-state index in [2.05, 4.69) is 28.5 Å². The molecule has 104 valence electrons. The maximum absolute atomic E-state index is 6.09. The first kappa shape index (κ1) is 13.2. The largest absolute Gasteiger partial charge is 0.396 e. The molecule has 0 aliphatic rings. The third kappa shape index (κ3) is 2.72. The van der Waals surface area contributed by atoms with E-state index in [0.29, 0.717) is 11.5 Å². The summed E-state index contributed by atoms with van der Waals surface area (Å²) in [6.07, 6.45) is 1.76. The Bertz CT molecular complexity index is 751. The fourth-order valence-corrected chi connectivity index (χ4v) is 2.26. The van der Waals surface area contributed by atoms with Crippen LogP contribution in [0.15, 0.2) is 66.9 Å². The van der Waals surface area contributed by atoms with Crippen LogP contribution in [-0.4, -0.2) is 4.98 Å². The Morgan fingerprint density at radius 1 is 0.905 bits per heavy atom. The number of rotatable bonds is 3. The van der Waals surface area contributed by atoms with Crippen LogP contribution in [0.25, 0.3) is 11.1 Å². The standard InChI is InChI=1S/C18H17N3/c1-13-11-12-20-18(17(13)19)21-16-10-6-5-9-15(16)14-7-3-2-4-8-14/h2-12H,19H2,1H3,(H,20,21). The second-order valence-electron chi connectivity index (χ2n) is 4.93. The molecule has 0 saturated heterocycles. The molecule has 0 saturated carbocycles. The van der Waals surface area contributed by atoms with Gasteiger partial charge in [-0.3, -0.25) is 0 Å². The average molecular weight is 275 g/mol. The summed E-state index contributed by atoms with van der Waals surface area (Å²) < 4.78 is 0. The van der Waals surface area contributed by atoms with Crippen LogP contribution < -0.4 is 11.1 Å². The van der Waals surface area contributed by atoms with E-state index >= 15 is 0 Å². The molecule has 3 N–H and O–H groups in total. The van der Waals surface area contributed by atoms with Gasteiger partial charge in [0.25, 0.3) is 0 Å². The lowest BCUT2D eigenvalue weighted by molar-refractivity contribution is 1.28. The lowest BCUT2D eigenvalue weighted by atomic mass is 10.0. The molecule has 0 unspecified atom stereocenters. The zero-order chi connectivity index (χ0) is 14.7. The zero-order valence-corrected chi connectivity index (χ0v) is 11.9. The van der Waals surface area contributed by atoms with E-state index in [1.807, 2.05) is 49.4 Å². The van der Waals surface area contributed by atoms with Gasteiger partial charge in [-0.2, -0.15) is 0 Å². The molecule has 2 aromatic carbocycles. The van der Waals surface area contributed by atoms with Crippen molar-refractivity contribution in [2.75, 3.05) is 11.1 Å². The van der Waals surface area contributed by atoms with Gasteiger partial charge in [-0.25, -0.2) is 4.98 Å². The number of anilines is 3. The minimum atomic E-state index is 0.681. The summed E-state index contributed by atoms with van der Waals surface area (Å²) in [5.74, 6) is 0.693. The molecule has 3 nitrogen and oxygen atoms in total. The lowest BCUT2D eigenvalue weighted by Crippen LogP contribution is -2.01. The molecule has 0 atom stereocenters. The maximum Gasteiger partial charge on any atom is 0.153 e. The highest BCUT2D eigenvalue weighted by molar-refractivity contribution is 5.82. The van der Waals surface area contributed by atoms with Gasteiger partial charge in [0.15, 0.2) is 5.82 Å². The van der Waals surface area contributed by atoms with Crippen molar-refractivity contribution in [3.63, 3.8) is 0 Å². The molecule has 21 heavy (non-hydrogen) atoms. The van der Waals surface area contributed by atoms with Gasteiger partial charge in [0, 0.05) is 17.4 Å². The third-order valence-electron chi connectivity index (χ3n) is 3.47. The highest BCUT2D eigenvalue weighted by atomic mass is 15.0. The van der Waals surface area contributed by atoms with Crippen LogP contribution in [0.5, 0.6) is 0 Å². The monoisotopic (exact) mass is 275 g/mol. The number of nitrogens with zero attached hydrogens (tertiary/aromatic N) is 1. The third-order valence-corrected chi connectivity index (χ3v) is 3.47. The second kappa shape index (κ2) is 5.67. The van der Waals surface area contributed by atoms with Gasteiger partial charge < -0.3 is 11.1 Å². The van der Waals surface area contributed by atoms with Crippen molar-refractivity contribution in [2.45, 2.75) is 6.92 Å². The summed E-state index contributed by atoms with van der Waals surface area (Å²) >= 11 is 0. The molecule has 0 aliphatic heterocycles. The summed E-state index contributed by atoms with van der Waals surface area (Å²) in [4.78, 5) is 4.33. The molecule has 3 aromatic rings. The SMILES string of the molecule is Cc1ccnc(Nc2ccccc2-c2ccccc2)c1N. The maximum atomic E-state index is 6.09. The molecular weight excluding hydrogens is 258 g/mol. The van der Waals surface area contributed by atoms with Crippen molar-refractivity contribution in [1.82, 2.24) is 4.98 Å². The van der Waals surface area contributed by atoms with Crippen LogP contribution in [0.3, 0.4) is 0 Å². The highest BCUT2D eigenvalue weighted by Gasteiger charge is 2.08. The van der Waals surface area contributed by atoms with Crippen molar-refractivity contribution in [1.29, 1.82) is 0 Å². The van der Waals surface area contributed by atoms with Gasteiger partial charge in [0.1, 0.15) is 0 Å². The summed E-state index contributed by atoms with van der Waals surface area (Å²) in [6.45, 7) is 1.98. The molecule has 0 aliphatic carbocycles. The van der Waals surface area contributed by atoms with Crippen molar-refractivity contribution in [2.24, 2.45) is 0 Å². The molecule has 0 fully saturated rings. The van der Waals surface area contributed by atoms with Gasteiger partial charge in [-0.1, -0.05) is 48.5 Å². The van der Waals surface area contributed by atoms with Crippen molar-refractivity contribution < 1.29 is 0 Å². The Hall–Kier alpha value is -2.81. The minimum absolute atomic E-state index is 0.681. The molecule has 3 heteroatoms. The highest BCUT2D eigenvalue weighted by Crippen LogP contribution is 2.31. The Labute approximate surface area is 124 Å². The Morgan fingerprint density at radius 2 is 1.62 bits per heavy atom. The van der Waals surface area contributed by atoms with Crippen LogP contribution in [0.4, 0.5) is 17.2 Å². The number of benzene rings is 2. The van der Waals surface area contributed by atoms with Crippen LogP contribution in [-0.2, 0) is 0 Å². The fourth-order valence-electron chi connectivity index (χ4n) is 2.26. The summed E-state index contributed by atoms with van der Waals surface area (Å²) in [5, 5.41) is 3.34. The van der Waals surface area contributed by atoms with E-state index in [0.717, 1.165) is 22.4 Å². The van der Waals surface area contributed by atoms with Gasteiger partial charge in [-0.05, 0) is 30.2 Å². The van der Waals surface area contributed by atoms with E-state index in [1.165, 1.54) is 0 Å². The zero-order valence-electron chi connectivity index (χ0n) is 11.9. The van der Waals surface area contributed by atoms with E-state index < -0.39 is 0 Å². The number of pyridine rings is 1. The predicted molar refractivity (Wildman–Crippen MR) is 88.5 cm³/mol. The Morgan fingerprint density at radius 3 is 2.43 bits per heavy atom. The quantitative estimate of drug-likeness (QED) is 0.745. The van der Waals surface area contributed by atoms with Crippen molar-refractivity contribution >= 4 is 17.2 Å². The Balaban J connectivity index is 2.02. The predicted octanol–water partition coefficient (Wildman–Crippen LogP) is 4.38. The van der Waals surface area contributed by atoms with Gasteiger partial charge in [0.05, 0.1) is 5.69 Å². The number of hydrogen-bond acceptors (Lipinski definition) is 3. The van der Waals surface area contributed by atoms with Crippen LogP contribution in [0, 0.1) is 6.92 Å². The number of nitrogens with one attached hydrogen (secondary N) is 1. The number of nitrogens with two attached hydrogens (primary N) is 1. The van der Waals surface area contributed by atoms with Crippen LogP contribution >= 0.6 is 0 Å². The number of hydrogen-bond donors (Lipinski definition) is 2. The topological polar surface area (TPSA) is 50.9 Å². The second-order valence-corrected chi connectivity index (χ2v) is 4.93. The fraction of sp³-hybridized carbons (Fsp3) is 0.0556. The smallest absolute Gasteiger partial charge is 0.153 e. The normalized spacial score (nSPS) is 10.3. The van der Waals surface area contributed by atoms with E-state index in [4.69, 9.17) is 5.73 Å². The van der Waals surface area contributed by atoms with Gasteiger partial charge in [-0.15, -0.1) is 0 Å². The van der Waals surface area contributed by atoms with E-state index in [-0.39, 0.29) is 0 Å². The molecular formula is C18H17N3. The number of aromatic nitrogens is 1. The average Bonchev–Trinajstić information content (AvgIpc) is 2.53. The van der Waals surface area contributed by atoms with Crippen LogP contribution in [0.1, 0.15) is 5.56 Å². The molecule has 0 radical (unpaired) electrons.